The van der Waals surface area contributed by atoms with Gasteiger partial charge in [-0.3, -0.25) is 4.79 Å². The maximum atomic E-state index is 14.3. The predicted octanol–water partition coefficient (Wildman–Crippen LogP) is 4.74. The molecule has 1 aromatic heterocycles. The fourth-order valence-electron chi connectivity index (χ4n) is 5.15. The number of carbonyl (C=O) groups excluding carboxylic acids is 2. The van der Waals surface area contributed by atoms with Crippen LogP contribution in [-0.2, 0) is 9.47 Å². The Labute approximate surface area is 235 Å². The third kappa shape index (κ3) is 6.80. The molecule has 2 aromatic rings. The van der Waals surface area contributed by atoms with Crippen molar-refractivity contribution in [2.24, 2.45) is 5.41 Å². The topological polar surface area (TPSA) is 97.3 Å². The molecule has 2 amide bonds. The molecule has 0 atom stereocenters. The Hall–Kier alpha value is -3.47. The van der Waals surface area contributed by atoms with Gasteiger partial charge in [-0.1, -0.05) is 0 Å². The third-order valence-electron chi connectivity index (χ3n) is 7.30. The molecule has 0 aliphatic carbocycles. The first-order valence-electron chi connectivity index (χ1n) is 13.7. The summed E-state index contributed by atoms with van der Waals surface area (Å²) in [6.45, 7) is 12.9. The van der Waals surface area contributed by atoms with Gasteiger partial charge in [0.15, 0.2) is 11.6 Å². The summed E-state index contributed by atoms with van der Waals surface area (Å²) in [5.41, 5.74) is -0.319. The molecule has 1 spiro atoms. The predicted molar refractivity (Wildman–Crippen MR) is 148 cm³/mol. The average molecular weight is 558 g/mol. The molecule has 0 saturated carbocycles. The Balaban J connectivity index is 1.46. The zero-order chi connectivity index (χ0) is 29.1. The van der Waals surface area contributed by atoms with Crippen LogP contribution in [0.4, 0.5) is 15.0 Å². The fourth-order valence-corrected chi connectivity index (χ4v) is 5.15. The second-order valence-corrected chi connectivity index (χ2v) is 11.9. The maximum Gasteiger partial charge on any atom is 0.410 e. The van der Waals surface area contributed by atoms with Gasteiger partial charge in [-0.05, 0) is 65.7 Å². The number of ether oxygens (including phenoxy) is 3. The number of hydrogen-bond acceptors (Lipinski definition) is 8. The summed E-state index contributed by atoms with van der Waals surface area (Å²) < 4.78 is 31.2. The van der Waals surface area contributed by atoms with Crippen molar-refractivity contribution < 1.29 is 28.2 Å². The van der Waals surface area contributed by atoms with E-state index in [1.807, 2.05) is 34.6 Å². The van der Waals surface area contributed by atoms with Crippen LogP contribution in [0, 0.1) is 11.2 Å². The van der Waals surface area contributed by atoms with Gasteiger partial charge in [-0.25, -0.2) is 19.2 Å². The van der Waals surface area contributed by atoms with Gasteiger partial charge in [0.25, 0.3) is 5.91 Å². The van der Waals surface area contributed by atoms with Crippen LogP contribution in [-0.4, -0.2) is 89.9 Å². The van der Waals surface area contributed by atoms with Crippen LogP contribution in [0.1, 0.15) is 57.8 Å². The molecule has 2 aliphatic heterocycles. The molecule has 218 valence electrons. The molecule has 11 heteroatoms. The van der Waals surface area contributed by atoms with E-state index in [2.05, 4.69) is 14.9 Å². The molecule has 0 bridgehead atoms. The smallest absolute Gasteiger partial charge is 0.410 e. The molecular formula is C29H40FN5O5. The number of rotatable bonds is 8. The van der Waals surface area contributed by atoms with E-state index in [1.165, 1.54) is 24.5 Å². The molecule has 1 aromatic carbocycles. The number of hydrogen-bond donors (Lipinski definition) is 0. The quantitative estimate of drug-likeness (QED) is 0.459. The Kier molecular flexibility index (Phi) is 8.82. The molecule has 0 radical (unpaired) electrons. The molecule has 0 N–H and O–H groups in total. The van der Waals surface area contributed by atoms with Gasteiger partial charge in [-0.15, -0.1) is 0 Å². The lowest BCUT2D eigenvalue weighted by molar-refractivity contribution is 0.00586. The SMILES string of the molecule is COCCN(C(=O)c1cc(F)ccc1Oc1cncnc1N1CC2(CCN(C(=O)OC(C)(C)C)CC2)C1)C(C)C. The van der Waals surface area contributed by atoms with Gasteiger partial charge < -0.3 is 28.9 Å². The Bertz CT molecular complexity index is 1200. The largest absolute Gasteiger partial charge is 0.451 e. The summed E-state index contributed by atoms with van der Waals surface area (Å²) in [6, 6.07) is 3.80. The van der Waals surface area contributed by atoms with Gasteiger partial charge in [0.2, 0.25) is 0 Å². The van der Waals surface area contributed by atoms with Gasteiger partial charge in [0, 0.05) is 51.3 Å². The number of carbonyl (C=O) groups is 2. The Morgan fingerprint density at radius 1 is 1.15 bits per heavy atom. The molecule has 2 fully saturated rings. The van der Waals surface area contributed by atoms with E-state index in [4.69, 9.17) is 14.2 Å². The first-order valence-corrected chi connectivity index (χ1v) is 13.7. The number of anilines is 1. The second kappa shape index (κ2) is 12.0. The highest BCUT2D eigenvalue weighted by atomic mass is 19.1. The Morgan fingerprint density at radius 2 is 1.85 bits per heavy atom. The minimum absolute atomic E-state index is 0.0802. The summed E-state index contributed by atoms with van der Waals surface area (Å²) >= 11 is 0. The maximum absolute atomic E-state index is 14.3. The Morgan fingerprint density at radius 3 is 2.48 bits per heavy atom. The number of piperidine rings is 1. The van der Waals surface area contributed by atoms with Crippen LogP contribution < -0.4 is 9.64 Å². The summed E-state index contributed by atoms with van der Waals surface area (Å²) in [5.74, 6) is 0.347. The second-order valence-electron chi connectivity index (χ2n) is 11.9. The number of aromatic nitrogens is 2. The van der Waals surface area contributed by atoms with E-state index in [0.29, 0.717) is 37.8 Å². The van der Waals surface area contributed by atoms with Crippen LogP contribution in [0.3, 0.4) is 0 Å². The van der Waals surface area contributed by atoms with Crippen molar-refractivity contribution in [1.82, 2.24) is 19.8 Å². The summed E-state index contributed by atoms with van der Waals surface area (Å²) in [5, 5.41) is 0. The average Bonchev–Trinajstić information content (AvgIpc) is 2.87. The first kappa shape index (κ1) is 29.5. The minimum Gasteiger partial charge on any atom is -0.451 e. The molecular weight excluding hydrogens is 517 g/mol. The van der Waals surface area contributed by atoms with Crippen molar-refractivity contribution in [1.29, 1.82) is 0 Å². The highest BCUT2D eigenvalue weighted by Gasteiger charge is 2.47. The summed E-state index contributed by atoms with van der Waals surface area (Å²) in [7, 11) is 1.57. The lowest BCUT2D eigenvalue weighted by Gasteiger charge is -2.54. The van der Waals surface area contributed by atoms with E-state index < -0.39 is 11.4 Å². The minimum atomic E-state index is -0.530. The zero-order valence-corrected chi connectivity index (χ0v) is 24.3. The lowest BCUT2D eigenvalue weighted by Crippen LogP contribution is -2.61. The molecule has 0 unspecified atom stereocenters. The van der Waals surface area contributed by atoms with Crippen LogP contribution in [0.15, 0.2) is 30.7 Å². The monoisotopic (exact) mass is 557 g/mol. The molecule has 2 aliphatic rings. The van der Waals surface area contributed by atoms with E-state index in [9.17, 15) is 14.0 Å². The highest BCUT2D eigenvalue weighted by Crippen LogP contribution is 2.45. The fraction of sp³-hybridized carbons (Fsp3) is 0.586. The number of likely N-dealkylation sites (tertiary alicyclic amines) is 1. The van der Waals surface area contributed by atoms with Gasteiger partial charge in [0.05, 0.1) is 18.4 Å². The van der Waals surface area contributed by atoms with E-state index >= 15 is 0 Å². The van der Waals surface area contributed by atoms with Gasteiger partial charge in [0.1, 0.15) is 23.5 Å². The summed E-state index contributed by atoms with van der Waals surface area (Å²) in [4.78, 5) is 40.0. The standard InChI is InChI=1S/C29H40FN5O5/c1-20(2)35(13-14-38-6)26(36)22-15-21(30)7-8-23(22)39-24-16-31-19-32-25(24)34-17-29(18-34)9-11-33(12-10-29)27(37)40-28(3,4)5/h7-8,15-16,19-20H,9-14,17-18H2,1-6H3. The van der Waals surface area contributed by atoms with Crippen LogP contribution in [0.2, 0.25) is 0 Å². The first-order chi connectivity index (χ1) is 18.9. The lowest BCUT2D eigenvalue weighted by atomic mass is 9.72. The number of methoxy groups -OCH3 is 1. The highest BCUT2D eigenvalue weighted by molar-refractivity contribution is 5.97. The van der Waals surface area contributed by atoms with Crippen molar-refractivity contribution in [2.45, 2.75) is 59.1 Å². The normalized spacial score (nSPS) is 16.6. The van der Waals surface area contributed by atoms with E-state index in [-0.39, 0.29) is 34.8 Å². The van der Waals surface area contributed by atoms with Crippen molar-refractivity contribution in [2.75, 3.05) is 51.3 Å². The molecule has 4 rings (SSSR count). The number of halogens is 1. The molecule has 10 nitrogen and oxygen atoms in total. The van der Waals surface area contributed by atoms with E-state index in [0.717, 1.165) is 25.9 Å². The molecule has 40 heavy (non-hydrogen) atoms. The molecule has 3 heterocycles. The van der Waals surface area contributed by atoms with Crippen LogP contribution >= 0.6 is 0 Å². The third-order valence-corrected chi connectivity index (χ3v) is 7.30. The van der Waals surface area contributed by atoms with Gasteiger partial charge in [-0.2, -0.15) is 0 Å². The van der Waals surface area contributed by atoms with Crippen molar-refractivity contribution in [3.05, 3.63) is 42.1 Å². The zero-order valence-electron chi connectivity index (χ0n) is 24.3. The number of benzene rings is 1. The van der Waals surface area contributed by atoms with Crippen molar-refractivity contribution in [3.8, 4) is 11.5 Å². The number of amides is 2. The van der Waals surface area contributed by atoms with Gasteiger partial charge >= 0.3 is 6.09 Å². The van der Waals surface area contributed by atoms with Crippen molar-refractivity contribution in [3.63, 3.8) is 0 Å². The van der Waals surface area contributed by atoms with Crippen LogP contribution in [0.5, 0.6) is 11.5 Å². The number of nitrogens with zero attached hydrogens (tertiary/aromatic N) is 5. The van der Waals surface area contributed by atoms with Crippen LogP contribution in [0.25, 0.3) is 0 Å². The molecule has 2 saturated heterocycles. The summed E-state index contributed by atoms with van der Waals surface area (Å²) in [6.07, 6.45) is 4.48. The van der Waals surface area contributed by atoms with Crippen molar-refractivity contribution >= 4 is 17.8 Å². The van der Waals surface area contributed by atoms with E-state index in [1.54, 1.807) is 23.1 Å².